The van der Waals surface area contributed by atoms with Crippen LogP contribution in [0.15, 0.2) is 30.3 Å². The molecule has 32 heavy (non-hydrogen) atoms. The fraction of sp³-hybridized carbons (Fsp3) is 0.478. The molecular formula is C23H28Cl2N4O3. The molecule has 1 aromatic heterocycles. The molecule has 172 valence electrons. The van der Waals surface area contributed by atoms with Crippen molar-refractivity contribution in [2.75, 3.05) is 33.1 Å². The van der Waals surface area contributed by atoms with Gasteiger partial charge < -0.3 is 25.0 Å². The number of amides is 2. The molecule has 1 aromatic carbocycles. The number of rotatable bonds is 5. The van der Waals surface area contributed by atoms with E-state index in [1.807, 2.05) is 6.07 Å². The van der Waals surface area contributed by atoms with Crippen LogP contribution in [0.2, 0.25) is 10.3 Å². The number of urea groups is 1. The average Bonchev–Trinajstić information content (AvgIpc) is 3.09. The normalized spacial score (nSPS) is 25.2. The van der Waals surface area contributed by atoms with Crippen LogP contribution < -0.4 is 20.1 Å². The molecule has 2 aliphatic rings. The Morgan fingerprint density at radius 2 is 1.84 bits per heavy atom. The van der Waals surface area contributed by atoms with E-state index in [0.717, 1.165) is 43.7 Å². The molecule has 2 aromatic rings. The highest BCUT2D eigenvalue weighted by atomic mass is 35.5. The maximum atomic E-state index is 12.6. The molecule has 4 rings (SSSR count). The van der Waals surface area contributed by atoms with Crippen LogP contribution in [-0.2, 0) is 5.41 Å². The molecule has 0 bridgehead atoms. The van der Waals surface area contributed by atoms with Gasteiger partial charge in [-0.1, -0.05) is 29.3 Å². The first-order valence-corrected chi connectivity index (χ1v) is 11.4. The molecule has 0 radical (unpaired) electrons. The van der Waals surface area contributed by atoms with Crippen LogP contribution in [0.25, 0.3) is 0 Å². The Hall–Kier alpha value is -2.22. The summed E-state index contributed by atoms with van der Waals surface area (Å²) in [5.74, 6) is 1.49. The summed E-state index contributed by atoms with van der Waals surface area (Å²) in [4.78, 5) is 18.9. The van der Waals surface area contributed by atoms with E-state index in [1.54, 1.807) is 26.4 Å². The zero-order valence-electron chi connectivity index (χ0n) is 18.5. The summed E-state index contributed by atoms with van der Waals surface area (Å²) in [6.45, 7) is 1.02. The summed E-state index contributed by atoms with van der Waals surface area (Å²) >= 11 is 11.9. The Morgan fingerprint density at radius 1 is 1.12 bits per heavy atom. The zero-order chi connectivity index (χ0) is 22.9. The van der Waals surface area contributed by atoms with Gasteiger partial charge in [-0.05, 0) is 69.1 Å². The van der Waals surface area contributed by atoms with Gasteiger partial charge in [-0.2, -0.15) is 0 Å². The van der Waals surface area contributed by atoms with Gasteiger partial charge in [0, 0.05) is 23.2 Å². The van der Waals surface area contributed by atoms with Crippen molar-refractivity contribution in [3.63, 3.8) is 0 Å². The van der Waals surface area contributed by atoms with Gasteiger partial charge in [0.25, 0.3) is 0 Å². The summed E-state index contributed by atoms with van der Waals surface area (Å²) in [6.07, 6.45) is 3.83. The first-order valence-electron chi connectivity index (χ1n) is 10.7. The molecule has 7 nitrogen and oxygen atoms in total. The number of halogens is 2. The van der Waals surface area contributed by atoms with Crippen molar-refractivity contribution in [3.05, 3.63) is 46.2 Å². The number of nitrogens with zero attached hydrogens (tertiary/aromatic N) is 2. The topological polar surface area (TPSA) is 75.7 Å². The summed E-state index contributed by atoms with van der Waals surface area (Å²) in [7, 11) is 5.48. The number of nitrogens with one attached hydrogen (secondary N) is 2. The van der Waals surface area contributed by atoms with Crippen molar-refractivity contribution in [2.24, 2.45) is 0 Å². The van der Waals surface area contributed by atoms with Crippen LogP contribution in [-0.4, -0.2) is 55.8 Å². The van der Waals surface area contributed by atoms with Gasteiger partial charge in [0.15, 0.2) is 11.5 Å². The van der Waals surface area contributed by atoms with Crippen molar-refractivity contribution in [1.29, 1.82) is 0 Å². The molecule has 9 heteroatoms. The van der Waals surface area contributed by atoms with Crippen LogP contribution in [0.5, 0.6) is 11.5 Å². The number of benzene rings is 1. The minimum atomic E-state index is -0.271. The molecule has 2 heterocycles. The Labute approximate surface area is 198 Å². The second-order valence-corrected chi connectivity index (χ2v) is 9.32. The summed E-state index contributed by atoms with van der Waals surface area (Å²) in [5.41, 5.74) is 1.82. The third-order valence-electron chi connectivity index (χ3n) is 6.84. The molecule has 1 saturated carbocycles. The number of methoxy groups -OCH3 is 2. The molecule has 2 N–H and O–H groups in total. The third kappa shape index (κ3) is 4.47. The number of likely N-dealkylation sites (tertiary alicyclic amines) is 1. The van der Waals surface area contributed by atoms with Gasteiger partial charge in [-0.25, -0.2) is 9.78 Å². The molecule has 2 fully saturated rings. The molecule has 1 aliphatic heterocycles. The Kier molecular flexibility index (Phi) is 6.70. The standard InChI is InChI=1S/C23H28Cl2N4O3/c1-29-9-8-23(14-4-5-17(31-2)18(10-14)32-3)7-6-15(11-19(23)29)26-22(30)27-16-12-20(24)28-21(25)13-16/h4-5,10,12-13,15,19H,6-9,11H2,1-3H3,(H2,26,27,28,30). The minimum absolute atomic E-state index is 0.0368. The maximum absolute atomic E-state index is 12.6. The fourth-order valence-electron chi connectivity index (χ4n) is 5.28. The molecule has 3 atom stereocenters. The van der Waals surface area contributed by atoms with E-state index in [0.29, 0.717) is 11.7 Å². The second kappa shape index (κ2) is 9.33. The van der Waals surface area contributed by atoms with E-state index in [4.69, 9.17) is 32.7 Å². The number of carbonyl (C=O) groups is 1. The Morgan fingerprint density at radius 3 is 2.53 bits per heavy atom. The molecule has 1 saturated heterocycles. The predicted molar refractivity (Wildman–Crippen MR) is 126 cm³/mol. The Balaban J connectivity index is 1.48. The lowest BCUT2D eigenvalue weighted by molar-refractivity contribution is 0.156. The van der Waals surface area contributed by atoms with Crippen molar-refractivity contribution >= 4 is 34.9 Å². The van der Waals surface area contributed by atoms with Crippen molar-refractivity contribution in [2.45, 2.75) is 43.2 Å². The number of carbonyl (C=O) groups excluding carboxylic acids is 1. The predicted octanol–water partition coefficient (Wildman–Crippen LogP) is 4.72. The number of hydrogen-bond acceptors (Lipinski definition) is 5. The quantitative estimate of drug-likeness (QED) is 0.607. The molecular weight excluding hydrogens is 451 g/mol. The fourth-order valence-corrected chi connectivity index (χ4v) is 5.74. The first kappa shape index (κ1) is 23.0. The van der Waals surface area contributed by atoms with Gasteiger partial charge in [0.05, 0.1) is 14.2 Å². The van der Waals surface area contributed by atoms with Gasteiger partial charge >= 0.3 is 6.03 Å². The summed E-state index contributed by atoms with van der Waals surface area (Å²) in [6, 6.07) is 9.52. The number of pyridine rings is 1. The smallest absolute Gasteiger partial charge is 0.319 e. The van der Waals surface area contributed by atoms with Crippen molar-refractivity contribution in [3.8, 4) is 11.5 Å². The highest BCUT2D eigenvalue weighted by molar-refractivity contribution is 6.32. The van der Waals surface area contributed by atoms with E-state index in [1.165, 1.54) is 5.56 Å². The number of ether oxygens (including phenoxy) is 2. The number of likely N-dealkylation sites (N-methyl/N-ethyl adjacent to an activating group) is 1. The first-order chi connectivity index (χ1) is 15.3. The molecule has 3 unspecified atom stereocenters. The van der Waals surface area contributed by atoms with E-state index < -0.39 is 0 Å². The largest absolute Gasteiger partial charge is 0.493 e. The summed E-state index contributed by atoms with van der Waals surface area (Å²) in [5, 5.41) is 6.40. The summed E-state index contributed by atoms with van der Waals surface area (Å²) < 4.78 is 11.0. The zero-order valence-corrected chi connectivity index (χ0v) is 20.0. The lowest BCUT2D eigenvalue weighted by Crippen LogP contribution is -2.52. The molecule has 0 spiro atoms. The van der Waals surface area contributed by atoms with Gasteiger partial charge in [0.2, 0.25) is 0 Å². The van der Waals surface area contributed by atoms with E-state index in [9.17, 15) is 4.79 Å². The second-order valence-electron chi connectivity index (χ2n) is 8.54. The third-order valence-corrected chi connectivity index (χ3v) is 7.23. The average molecular weight is 479 g/mol. The number of hydrogen-bond donors (Lipinski definition) is 2. The van der Waals surface area contributed by atoms with Gasteiger partial charge in [-0.15, -0.1) is 0 Å². The van der Waals surface area contributed by atoms with Crippen LogP contribution in [0, 0.1) is 0 Å². The highest BCUT2D eigenvalue weighted by Crippen LogP contribution is 2.49. The number of anilines is 1. The lowest BCUT2D eigenvalue weighted by atomic mass is 9.65. The highest BCUT2D eigenvalue weighted by Gasteiger charge is 2.50. The van der Waals surface area contributed by atoms with E-state index in [2.05, 4.69) is 39.7 Å². The number of fused-ring (bicyclic) bond motifs is 1. The number of aromatic nitrogens is 1. The molecule has 2 amide bonds. The van der Waals surface area contributed by atoms with Gasteiger partial charge in [0.1, 0.15) is 10.3 Å². The van der Waals surface area contributed by atoms with Crippen molar-refractivity contribution in [1.82, 2.24) is 15.2 Å². The monoisotopic (exact) mass is 478 g/mol. The van der Waals surface area contributed by atoms with Gasteiger partial charge in [-0.3, -0.25) is 0 Å². The van der Waals surface area contributed by atoms with Crippen molar-refractivity contribution < 1.29 is 14.3 Å². The van der Waals surface area contributed by atoms with E-state index >= 15 is 0 Å². The van der Waals surface area contributed by atoms with E-state index in [-0.39, 0.29) is 27.8 Å². The lowest BCUT2D eigenvalue weighted by Gasteiger charge is -2.45. The minimum Gasteiger partial charge on any atom is -0.493 e. The Bertz CT molecular complexity index is 985. The maximum Gasteiger partial charge on any atom is 0.319 e. The van der Waals surface area contributed by atoms with Crippen LogP contribution in [0.3, 0.4) is 0 Å². The molecule has 1 aliphatic carbocycles. The SMILES string of the molecule is COc1ccc(C23CCC(NC(=O)Nc4cc(Cl)nc(Cl)c4)CC2N(C)CC3)cc1OC. The van der Waals surface area contributed by atoms with Crippen LogP contribution >= 0.6 is 23.2 Å². The van der Waals surface area contributed by atoms with Crippen LogP contribution in [0.4, 0.5) is 10.5 Å². The van der Waals surface area contributed by atoms with Crippen LogP contribution in [0.1, 0.15) is 31.2 Å².